The van der Waals surface area contributed by atoms with E-state index >= 15 is 0 Å². The van der Waals surface area contributed by atoms with Crippen LogP contribution in [-0.4, -0.2) is 21.4 Å². The van der Waals surface area contributed by atoms with Gasteiger partial charge in [-0.3, -0.25) is 10.1 Å². The van der Waals surface area contributed by atoms with E-state index in [1.54, 1.807) is 0 Å². The molecular weight excluding hydrogens is 284 g/mol. The summed E-state index contributed by atoms with van der Waals surface area (Å²) < 4.78 is 5.42. The van der Waals surface area contributed by atoms with Gasteiger partial charge in [0, 0.05) is 18.7 Å². The maximum Gasteiger partial charge on any atom is 0.313 e. The molecule has 0 bridgehead atoms. The SMILES string of the molecule is CCNc1cc(Oc2c(Cl)cccc2[N+](=O)[O-])ncn1. The molecule has 20 heavy (non-hydrogen) atoms. The lowest BCUT2D eigenvalue weighted by molar-refractivity contribution is -0.385. The van der Waals surface area contributed by atoms with Gasteiger partial charge in [0.15, 0.2) is 0 Å². The third-order valence-corrected chi connectivity index (χ3v) is 2.65. The van der Waals surface area contributed by atoms with Gasteiger partial charge in [-0.05, 0) is 13.0 Å². The van der Waals surface area contributed by atoms with Crippen molar-refractivity contribution in [2.75, 3.05) is 11.9 Å². The van der Waals surface area contributed by atoms with Gasteiger partial charge in [-0.2, -0.15) is 0 Å². The average molecular weight is 295 g/mol. The molecule has 2 aromatic rings. The summed E-state index contributed by atoms with van der Waals surface area (Å²) in [6.07, 6.45) is 1.30. The number of para-hydroxylation sites is 1. The fourth-order valence-corrected chi connectivity index (χ4v) is 1.73. The molecule has 1 N–H and O–H groups in total. The first-order chi connectivity index (χ1) is 9.61. The standard InChI is InChI=1S/C12H11ClN4O3/c1-2-14-10-6-11(16-7-15-10)20-12-8(13)4-3-5-9(12)17(18)19/h3-7H,2H2,1H3,(H,14,15,16). The highest BCUT2D eigenvalue weighted by molar-refractivity contribution is 6.32. The van der Waals surface area contributed by atoms with Gasteiger partial charge in [0.05, 0.1) is 9.95 Å². The number of nitro benzene ring substituents is 1. The number of rotatable bonds is 5. The van der Waals surface area contributed by atoms with E-state index in [0.29, 0.717) is 12.4 Å². The van der Waals surface area contributed by atoms with Crippen LogP contribution >= 0.6 is 11.6 Å². The van der Waals surface area contributed by atoms with Crippen LogP contribution in [0.2, 0.25) is 5.02 Å². The van der Waals surface area contributed by atoms with Crippen LogP contribution in [0.1, 0.15) is 6.92 Å². The number of hydrogen-bond acceptors (Lipinski definition) is 6. The minimum Gasteiger partial charge on any atom is -0.430 e. The van der Waals surface area contributed by atoms with Gasteiger partial charge in [-0.1, -0.05) is 17.7 Å². The van der Waals surface area contributed by atoms with Gasteiger partial charge in [0.1, 0.15) is 12.1 Å². The van der Waals surface area contributed by atoms with E-state index in [0.717, 1.165) is 0 Å². The summed E-state index contributed by atoms with van der Waals surface area (Å²) >= 11 is 5.94. The molecule has 7 nitrogen and oxygen atoms in total. The number of nitrogens with one attached hydrogen (secondary N) is 1. The molecule has 104 valence electrons. The molecule has 0 unspecified atom stereocenters. The third-order valence-electron chi connectivity index (χ3n) is 2.35. The molecule has 0 saturated heterocycles. The Morgan fingerprint density at radius 2 is 2.25 bits per heavy atom. The minimum absolute atomic E-state index is 0.0414. The van der Waals surface area contributed by atoms with E-state index in [2.05, 4.69) is 15.3 Å². The fraction of sp³-hybridized carbons (Fsp3) is 0.167. The summed E-state index contributed by atoms with van der Waals surface area (Å²) in [5.41, 5.74) is -0.221. The van der Waals surface area contributed by atoms with Gasteiger partial charge in [0.25, 0.3) is 0 Å². The van der Waals surface area contributed by atoms with Crippen molar-refractivity contribution < 1.29 is 9.66 Å². The highest BCUT2D eigenvalue weighted by Crippen LogP contribution is 2.37. The second kappa shape index (κ2) is 6.16. The Bertz CT molecular complexity index is 636. The Balaban J connectivity index is 2.34. The number of aromatic nitrogens is 2. The Morgan fingerprint density at radius 3 is 2.95 bits per heavy atom. The zero-order valence-electron chi connectivity index (χ0n) is 10.5. The molecule has 0 aliphatic rings. The van der Waals surface area contributed by atoms with Crippen molar-refractivity contribution in [3.05, 3.63) is 45.7 Å². The molecule has 8 heteroatoms. The van der Waals surface area contributed by atoms with Crippen LogP contribution in [0, 0.1) is 10.1 Å². The van der Waals surface area contributed by atoms with Gasteiger partial charge < -0.3 is 10.1 Å². The zero-order valence-corrected chi connectivity index (χ0v) is 11.3. The number of ether oxygens (including phenoxy) is 1. The van der Waals surface area contributed by atoms with Crippen molar-refractivity contribution in [1.29, 1.82) is 0 Å². The lowest BCUT2D eigenvalue weighted by Crippen LogP contribution is -2.01. The monoisotopic (exact) mass is 294 g/mol. The average Bonchev–Trinajstić information content (AvgIpc) is 2.41. The second-order valence-corrected chi connectivity index (χ2v) is 4.13. The van der Waals surface area contributed by atoms with Crippen LogP contribution in [0.3, 0.4) is 0 Å². The molecule has 0 radical (unpaired) electrons. The van der Waals surface area contributed by atoms with Crippen molar-refractivity contribution in [1.82, 2.24) is 9.97 Å². The Labute approximate surface area is 119 Å². The largest absolute Gasteiger partial charge is 0.430 e. The van der Waals surface area contributed by atoms with Crippen molar-refractivity contribution in [2.45, 2.75) is 6.92 Å². The number of anilines is 1. The van der Waals surface area contributed by atoms with E-state index in [1.165, 1.54) is 30.6 Å². The molecule has 1 heterocycles. The first-order valence-corrected chi connectivity index (χ1v) is 6.16. The van der Waals surface area contributed by atoms with Gasteiger partial charge in [-0.15, -0.1) is 0 Å². The molecular formula is C12H11ClN4O3. The predicted octanol–water partition coefficient (Wildman–Crippen LogP) is 3.26. The summed E-state index contributed by atoms with van der Waals surface area (Å²) in [7, 11) is 0. The lowest BCUT2D eigenvalue weighted by atomic mass is 10.3. The van der Waals surface area contributed by atoms with Crippen LogP contribution in [0.4, 0.5) is 11.5 Å². The zero-order chi connectivity index (χ0) is 14.5. The van der Waals surface area contributed by atoms with E-state index in [-0.39, 0.29) is 22.3 Å². The van der Waals surface area contributed by atoms with Crippen LogP contribution in [-0.2, 0) is 0 Å². The molecule has 0 aliphatic heterocycles. The number of nitrogens with zero attached hydrogens (tertiary/aromatic N) is 3. The fourth-order valence-electron chi connectivity index (χ4n) is 1.52. The van der Waals surface area contributed by atoms with Crippen LogP contribution in [0.5, 0.6) is 11.6 Å². The maximum absolute atomic E-state index is 11.0. The summed E-state index contributed by atoms with van der Waals surface area (Å²) in [6, 6.07) is 5.85. The molecule has 1 aromatic heterocycles. The van der Waals surface area contributed by atoms with E-state index < -0.39 is 4.92 Å². The molecule has 0 spiro atoms. The topological polar surface area (TPSA) is 90.2 Å². The first kappa shape index (κ1) is 14.0. The normalized spacial score (nSPS) is 10.1. The smallest absolute Gasteiger partial charge is 0.313 e. The Kier molecular flexibility index (Phi) is 4.31. The van der Waals surface area contributed by atoms with Gasteiger partial charge >= 0.3 is 5.69 Å². The molecule has 2 rings (SSSR count). The van der Waals surface area contributed by atoms with E-state index in [4.69, 9.17) is 16.3 Å². The van der Waals surface area contributed by atoms with Crippen molar-refractivity contribution in [2.24, 2.45) is 0 Å². The van der Waals surface area contributed by atoms with Crippen molar-refractivity contribution >= 4 is 23.1 Å². The summed E-state index contributed by atoms with van der Waals surface area (Å²) in [5.74, 6) is 0.694. The van der Waals surface area contributed by atoms with Crippen LogP contribution in [0.15, 0.2) is 30.6 Å². The summed E-state index contributed by atoms with van der Waals surface area (Å²) in [6.45, 7) is 2.60. The number of nitro groups is 1. The molecule has 0 saturated carbocycles. The molecule has 0 amide bonds. The molecule has 0 aliphatic carbocycles. The van der Waals surface area contributed by atoms with Gasteiger partial charge in [0.2, 0.25) is 11.6 Å². The van der Waals surface area contributed by atoms with Crippen molar-refractivity contribution in [3.8, 4) is 11.6 Å². The third kappa shape index (κ3) is 3.12. The van der Waals surface area contributed by atoms with Crippen LogP contribution < -0.4 is 10.1 Å². The van der Waals surface area contributed by atoms with Gasteiger partial charge in [-0.25, -0.2) is 9.97 Å². The highest BCUT2D eigenvalue weighted by Gasteiger charge is 2.19. The van der Waals surface area contributed by atoms with Crippen molar-refractivity contribution in [3.63, 3.8) is 0 Å². The van der Waals surface area contributed by atoms with E-state index in [9.17, 15) is 10.1 Å². The maximum atomic E-state index is 11.0. The predicted molar refractivity (Wildman–Crippen MR) is 74.4 cm³/mol. The molecule has 1 aromatic carbocycles. The van der Waals surface area contributed by atoms with E-state index in [1.807, 2.05) is 6.92 Å². The Hall–Kier alpha value is -2.41. The highest BCUT2D eigenvalue weighted by atomic mass is 35.5. The number of halogens is 1. The molecule has 0 atom stereocenters. The lowest BCUT2D eigenvalue weighted by Gasteiger charge is -2.08. The molecule has 0 fully saturated rings. The Morgan fingerprint density at radius 1 is 1.45 bits per heavy atom. The van der Waals surface area contributed by atoms with Crippen LogP contribution in [0.25, 0.3) is 0 Å². The second-order valence-electron chi connectivity index (χ2n) is 3.72. The number of hydrogen-bond donors (Lipinski definition) is 1. The first-order valence-electron chi connectivity index (χ1n) is 5.78. The summed E-state index contributed by atoms with van der Waals surface area (Å²) in [5, 5.41) is 14.1. The quantitative estimate of drug-likeness (QED) is 0.672. The minimum atomic E-state index is -0.562. The number of benzene rings is 1. The summed E-state index contributed by atoms with van der Waals surface area (Å²) in [4.78, 5) is 18.3.